The Morgan fingerprint density at radius 3 is 2.77 bits per heavy atom. The van der Waals surface area contributed by atoms with Crippen LogP contribution >= 0.6 is 22.7 Å². The number of nitrogens with zero attached hydrogens (tertiary/aromatic N) is 3. The Morgan fingerprint density at radius 1 is 1.20 bits per heavy atom. The topological polar surface area (TPSA) is 69.0 Å². The Kier molecular flexibility index (Phi) is 6.25. The van der Waals surface area contributed by atoms with Gasteiger partial charge in [-0.15, -0.1) is 22.7 Å². The van der Waals surface area contributed by atoms with E-state index < -0.39 is 0 Å². The van der Waals surface area contributed by atoms with Crippen LogP contribution in [0.15, 0.2) is 53.2 Å². The number of ether oxygens (including phenoxy) is 1. The first-order chi connectivity index (χ1) is 14.6. The quantitative estimate of drug-likeness (QED) is 0.353. The van der Waals surface area contributed by atoms with Gasteiger partial charge in [0.25, 0.3) is 5.91 Å². The Balaban J connectivity index is 1.49. The van der Waals surface area contributed by atoms with Crippen molar-refractivity contribution in [3.05, 3.63) is 64.5 Å². The van der Waals surface area contributed by atoms with Gasteiger partial charge >= 0.3 is 0 Å². The average molecular weight is 439 g/mol. The van der Waals surface area contributed by atoms with Crippen molar-refractivity contribution >= 4 is 34.4 Å². The van der Waals surface area contributed by atoms with Gasteiger partial charge in [-0.25, -0.2) is 4.98 Å². The van der Waals surface area contributed by atoms with Gasteiger partial charge in [0, 0.05) is 17.0 Å². The van der Waals surface area contributed by atoms with Crippen molar-refractivity contribution in [1.29, 1.82) is 0 Å². The molecule has 154 valence electrons. The number of amides is 1. The fourth-order valence-electron chi connectivity index (χ4n) is 2.86. The van der Waals surface area contributed by atoms with Crippen molar-refractivity contribution in [1.82, 2.24) is 14.8 Å². The highest BCUT2D eigenvalue weighted by Gasteiger charge is 2.15. The van der Waals surface area contributed by atoms with E-state index in [0.717, 1.165) is 34.9 Å². The summed E-state index contributed by atoms with van der Waals surface area (Å²) >= 11 is 3.13. The van der Waals surface area contributed by atoms with Crippen LogP contribution in [0.5, 0.6) is 5.75 Å². The van der Waals surface area contributed by atoms with Gasteiger partial charge in [0.1, 0.15) is 11.6 Å². The number of carbonyl (C=O) groups excluding carboxylic acids is 1. The normalized spacial score (nSPS) is 10.9. The number of aryl methyl sites for hydroxylation is 1. The minimum Gasteiger partial charge on any atom is -0.494 e. The van der Waals surface area contributed by atoms with E-state index in [1.165, 1.54) is 11.3 Å². The van der Waals surface area contributed by atoms with E-state index >= 15 is 0 Å². The van der Waals surface area contributed by atoms with Gasteiger partial charge in [-0.2, -0.15) is 9.78 Å². The highest BCUT2D eigenvalue weighted by Crippen LogP contribution is 2.29. The number of hydrogen-bond donors (Lipinski definition) is 1. The molecule has 0 fully saturated rings. The van der Waals surface area contributed by atoms with Gasteiger partial charge in [0.2, 0.25) is 5.13 Å². The third-order valence-electron chi connectivity index (χ3n) is 4.40. The van der Waals surface area contributed by atoms with Gasteiger partial charge in [-0.3, -0.25) is 4.79 Å². The number of hydrogen-bond acceptors (Lipinski definition) is 6. The van der Waals surface area contributed by atoms with Crippen molar-refractivity contribution in [2.24, 2.45) is 0 Å². The first-order valence-corrected chi connectivity index (χ1v) is 11.5. The predicted octanol–water partition coefficient (Wildman–Crippen LogP) is 5.80. The summed E-state index contributed by atoms with van der Waals surface area (Å²) in [5.41, 5.74) is 2.27. The number of rotatable bonds is 8. The number of thiophene rings is 1. The van der Waals surface area contributed by atoms with Crippen molar-refractivity contribution < 1.29 is 9.53 Å². The molecule has 0 aliphatic carbocycles. The van der Waals surface area contributed by atoms with Crippen LogP contribution in [0.2, 0.25) is 0 Å². The molecule has 0 aliphatic heterocycles. The lowest BCUT2D eigenvalue weighted by atomic mass is 10.2. The lowest BCUT2D eigenvalue weighted by molar-refractivity contribution is 0.102. The molecule has 0 spiro atoms. The van der Waals surface area contributed by atoms with Crippen molar-refractivity contribution in [2.75, 3.05) is 11.9 Å². The number of anilines is 1. The van der Waals surface area contributed by atoms with E-state index in [2.05, 4.69) is 22.3 Å². The number of thiazole rings is 1. The molecule has 1 amide bonds. The van der Waals surface area contributed by atoms with Crippen LogP contribution in [0.3, 0.4) is 0 Å². The second-order valence-electron chi connectivity index (χ2n) is 6.76. The standard InChI is InChI=1S/C22H22N4O2S2/c1-3-4-11-28-17-9-7-16(8-10-17)21(27)24-20-13-15(2)25-26(20)22-23-18(14-30-22)19-6-5-12-29-19/h5-10,12-14H,3-4,11H2,1-2H3,(H,24,27). The second kappa shape index (κ2) is 9.23. The van der Waals surface area contributed by atoms with Crippen LogP contribution in [0.25, 0.3) is 15.7 Å². The predicted molar refractivity (Wildman–Crippen MR) is 122 cm³/mol. The van der Waals surface area contributed by atoms with Crippen molar-refractivity contribution in [3.63, 3.8) is 0 Å². The van der Waals surface area contributed by atoms with Gasteiger partial charge in [0.15, 0.2) is 0 Å². The maximum absolute atomic E-state index is 12.8. The summed E-state index contributed by atoms with van der Waals surface area (Å²) in [7, 11) is 0. The van der Waals surface area contributed by atoms with Crippen LogP contribution in [0.1, 0.15) is 35.8 Å². The van der Waals surface area contributed by atoms with Crippen LogP contribution in [-0.4, -0.2) is 27.3 Å². The van der Waals surface area contributed by atoms with Gasteiger partial charge in [-0.05, 0) is 49.1 Å². The van der Waals surface area contributed by atoms with Crippen LogP contribution in [0.4, 0.5) is 5.82 Å². The van der Waals surface area contributed by atoms with Crippen molar-refractivity contribution in [2.45, 2.75) is 26.7 Å². The van der Waals surface area contributed by atoms with E-state index in [1.54, 1.807) is 28.2 Å². The number of aromatic nitrogens is 3. The highest BCUT2D eigenvalue weighted by molar-refractivity contribution is 7.15. The Hall–Kier alpha value is -2.97. The lowest BCUT2D eigenvalue weighted by Gasteiger charge is -2.08. The summed E-state index contributed by atoms with van der Waals surface area (Å²) < 4.78 is 7.34. The molecule has 4 aromatic rings. The molecular formula is C22H22N4O2S2. The molecular weight excluding hydrogens is 416 g/mol. The molecule has 1 aromatic carbocycles. The van der Waals surface area contributed by atoms with Gasteiger partial charge in [0.05, 0.1) is 22.9 Å². The molecule has 0 radical (unpaired) electrons. The van der Waals surface area contributed by atoms with E-state index in [1.807, 2.05) is 48.0 Å². The molecule has 3 aromatic heterocycles. The Morgan fingerprint density at radius 2 is 2.03 bits per heavy atom. The van der Waals surface area contributed by atoms with E-state index in [9.17, 15) is 4.79 Å². The lowest BCUT2D eigenvalue weighted by Crippen LogP contribution is -2.15. The first-order valence-electron chi connectivity index (χ1n) is 9.74. The molecule has 30 heavy (non-hydrogen) atoms. The zero-order valence-electron chi connectivity index (χ0n) is 16.8. The summed E-state index contributed by atoms with van der Waals surface area (Å²) in [6, 6.07) is 13.1. The monoisotopic (exact) mass is 438 g/mol. The Bertz CT molecular complexity index is 1110. The molecule has 3 heterocycles. The molecule has 1 N–H and O–H groups in total. The van der Waals surface area contributed by atoms with Crippen LogP contribution in [0, 0.1) is 6.92 Å². The fraction of sp³-hybridized carbons (Fsp3) is 0.227. The Labute approximate surface area is 183 Å². The smallest absolute Gasteiger partial charge is 0.256 e. The third-order valence-corrected chi connectivity index (χ3v) is 6.11. The average Bonchev–Trinajstić information content (AvgIpc) is 3.49. The molecule has 0 bridgehead atoms. The zero-order valence-corrected chi connectivity index (χ0v) is 18.4. The molecule has 4 rings (SSSR count). The SMILES string of the molecule is CCCCOc1ccc(C(=O)Nc2cc(C)nn2-c2nc(-c3cccs3)cs2)cc1. The summed E-state index contributed by atoms with van der Waals surface area (Å²) in [6.45, 7) is 4.70. The van der Waals surface area contributed by atoms with Gasteiger partial charge < -0.3 is 10.1 Å². The van der Waals surface area contributed by atoms with Crippen molar-refractivity contribution in [3.8, 4) is 21.5 Å². The maximum atomic E-state index is 12.8. The number of carbonyl (C=O) groups is 1. The second-order valence-corrected chi connectivity index (χ2v) is 8.54. The molecule has 6 nitrogen and oxygen atoms in total. The number of benzene rings is 1. The first kappa shape index (κ1) is 20.3. The number of unbranched alkanes of at least 4 members (excludes halogenated alkanes) is 1. The van der Waals surface area contributed by atoms with Crippen LogP contribution < -0.4 is 10.1 Å². The molecule has 0 atom stereocenters. The summed E-state index contributed by atoms with van der Waals surface area (Å²) in [4.78, 5) is 18.6. The molecule has 0 saturated heterocycles. The summed E-state index contributed by atoms with van der Waals surface area (Å²) in [5.74, 6) is 1.16. The van der Waals surface area contributed by atoms with E-state index in [-0.39, 0.29) is 5.91 Å². The summed E-state index contributed by atoms with van der Waals surface area (Å²) in [6.07, 6.45) is 2.10. The molecule has 8 heteroatoms. The fourth-order valence-corrected chi connectivity index (χ4v) is 4.41. The third kappa shape index (κ3) is 4.60. The number of nitrogens with one attached hydrogen (secondary N) is 1. The van der Waals surface area contributed by atoms with E-state index in [4.69, 9.17) is 4.74 Å². The minimum atomic E-state index is -0.203. The minimum absolute atomic E-state index is 0.203. The molecule has 0 aliphatic rings. The maximum Gasteiger partial charge on any atom is 0.256 e. The van der Waals surface area contributed by atoms with Gasteiger partial charge in [-0.1, -0.05) is 19.4 Å². The highest BCUT2D eigenvalue weighted by atomic mass is 32.1. The van der Waals surface area contributed by atoms with E-state index in [0.29, 0.717) is 23.1 Å². The van der Waals surface area contributed by atoms with Crippen LogP contribution in [-0.2, 0) is 0 Å². The molecule has 0 saturated carbocycles. The molecule has 0 unspecified atom stereocenters. The summed E-state index contributed by atoms with van der Waals surface area (Å²) in [5, 5.41) is 12.2. The zero-order chi connectivity index (χ0) is 20.9. The largest absolute Gasteiger partial charge is 0.494 e.